The maximum atomic E-state index is 6.35. The third-order valence-electron chi connectivity index (χ3n) is 3.51. The van der Waals surface area contributed by atoms with Gasteiger partial charge in [-0.1, -0.05) is 53.5 Å². The minimum absolute atomic E-state index is 0.752. The minimum atomic E-state index is 0.752. The molecule has 0 amide bonds. The van der Waals surface area contributed by atoms with Crippen LogP contribution >= 0.6 is 23.2 Å². The van der Waals surface area contributed by atoms with Gasteiger partial charge in [0, 0.05) is 15.6 Å². The fraction of sp³-hybridized carbons (Fsp3) is 0. The van der Waals surface area contributed by atoms with Crippen LogP contribution < -0.4 is 0 Å². The lowest BCUT2D eigenvalue weighted by Crippen LogP contribution is -1.77. The van der Waals surface area contributed by atoms with Gasteiger partial charge in [0.25, 0.3) is 0 Å². The predicted molar refractivity (Wildman–Crippen MR) is 78.4 cm³/mol. The van der Waals surface area contributed by atoms with E-state index in [1.807, 2.05) is 24.3 Å². The van der Waals surface area contributed by atoms with Crippen LogP contribution in [0.15, 0.2) is 48.5 Å². The van der Waals surface area contributed by atoms with E-state index in [-0.39, 0.29) is 0 Å². The van der Waals surface area contributed by atoms with Gasteiger partial charge in [-0.25, -0.2) is 0 Å². The van der Waals surface area contributed by atoms with E-state index in [1.165, 1.54) is 21.9 Å². The molecule has 0 bridgehead atoms. The molecule has 0 radical (unpaired) electrons. The van der Waals surface area contributed by atoms with Crippen LogP contribution in [-0.2, 0) is 0 Å². The Kier molecular flexibility index (Phi) is 2.03. The van der Waals surface area contributed by atoms with Crippen LogP contribution in [0.5, 0.6) is 0 Å². The molecule has 0 heterocycles. The summed E-state index contributed by atoms with van der Waals surface area (Å²) in [6, 6.07) is 16.3. The zero-order chi connectivity index (χ0) is 12.3. The standard InChI is InChI=1S/C16H8Cl2/c17-10-7-9-3-1-4-11-12-5-2-6-14(18)16(12)13(8-10)15(9)11/h1-8H. The van der Waals surface area contributed by atoms with Crippen molar-refractivity contribution in [3.05, 3.63) is 58.6 Å². The molecule has 2 heteroatoms. The molecule has 4 rings (SSSR count). The predicted octanol–water partition coefficient (Wildman–Crippen LogP) is 5.79. The van der Waals surface area contributed by atoms with E-state index in [0.717, 1.165) is 21.2 Å². The van der Waals surface area contributed by atoms with E-state index in [9.17, 15) is 0 Å². The van der Waals surface area contributed by atoms with E-state index in [4.69, 9.17) is 23.2 Å². The monoisotopic (exact) mass is 270 g/mol. The van der Waals surface area contributed by atoms with Gasteiger partial charge in [0.15, 0.2) is 0 Å². The van der Waals surface area contributed by atoms with E-state index in [2.05, 4.69) is 24.3 Å². The smallest absolute Gasteiger partial charge is 0.0490 e. The zero-order valence-corrected chi connectivity index (χ0v) is 10.9. The molecule has 0 saturated heterocycles. The van der Waals surface area contributed by atoms with E-state index in [1.54, 1.807) is 0 Å². The number of hydrogen-bond donors (Lipinski definition) is 0. The number of fused-ring (bicyclic) bond motifs is 3. The van der Waals surface area contributed by atoms with Crippen molar-refractivity contribution in [3.63, 3.8) is 0 Å². The molecule has 3 aromatic carbocycles. The molecule has 1 aliphatic rings. The van der Waals surface area contributed by atoms with Crippen molar-refractivity contribution >= 4 is 34.0 Å². The Bertz CT molecular complexity index is 804. The quantitative estimate of drug-likeness (QED) is 0.379. The van der Waals surface area contributed by atoms with Crippen LogP contribution in [0.2, 0.25) is 10.0 Å². The second-order valence-electron chi connectivity index (χ2n) is 4.52. The molecule has 86 valence electrons. The second-order valence-corrected chi connectivity index (χ2v) is 5.36. The summed E-state index contributed by atoms with van der Waals surface area (Å²) in [6.45, 7) is 0. The van der Waals surface area contributed by atoms with Crippen LogP contribution in [0.4, 0.5) is 0 Å². The first kappa shape index (κ1) is 10.4. The van der Waals surface area contributed by atoms with E-state index < -0.39 is 0 Å². The second kappa shape index (κ2) is 3.50. The summed E-state index contributed by atoms with van der Waals surface area (Å²) < 4.78 is 0. The highest BCUT2D eigenvalue weighted by molar-refractivity contribution is 6.37. The molecule has 0 saturated carbocycles. The van der Waals surface area contributed by atoms with Crippen LogP contribution in [0.3, 0.4) is 0 Å². The molecule has 0 fully saturated rings. The van der Waals surface area contributed by atoms with Crippen molar-refractivity contribution in [2.75, 3.05) is 0 Å². The summed E-state index contributed by atoms with van der Waals surface area (Å²) in [5, 5.41) is 3.96. The molecule has 0 nitrogen and oxygen atoms in total. The molecule has 0 atom stereocenters. The number of rotatable bonds is 0. The average Bonchev–Trinajstić information content (AvgIpc) is 2.67. The van der Waals surface area contributed by atoms with Gasteiger partial charge < -0.3 is 0 Å². The molecular formula is C16H8Cl2. The molecule has 0 spiro atoms. The summed E-state index contributed by atoms with van der Waals surface area (Å²) >= 11 is 12.6. The molecule has 0 N–H and O–H groups in total. The Morgan fingerprint density at radius 2 is 1.50 bits per heavy atom. The van der Waals surface area contributed by atoms with Crippen LogP contribution in [-0.4, -0.2) is 0 Å². The normalized spacial score (nSPS) is 11.9. The van der Waals surface area contributed by atoms with Gasteiger partial charge in [-0.2, -0.15) is 0 Å². The Morgan fingerprint density at radius 3 is 2.39 bits per heavy atom. The van der Waals surface area contributed by atoms with Crippen LogP contribution in [0.1, 0.15) is 0 Å². The van der Waals surface area contributed by atoms with Gasteiger partial charge in [-0.15, -0.1) is 0 Å². The summed E-state index contributed by atoms with van der Waals surface area (Å²) in [5.41, 5.74) is 4.70. The fourth-order valence-corrected chi connectivity index (χ4v) is 3.34. The highest BCUT2D eigenvalue weighted by Crippen LogP contribution is 2.50. The van der Waals surface area contributed by atoms with Gasteiger partial charge in [0.2, 0.25) is 0 Å². The first-order chi connectivity index (χ1) is 8.75. The lowest BCUT2D eigenvalue weighted by Gasteiger charge is -2.04. The Morgan fingerprint density at radius 1 is 0.722 bits per heavy atom. The summed E-state index contributed by atoms with van der Waals surface area (Å²) in [7, 11) is 0. The molecular weight excluding hydrogens is 263 g/mol. The van der Waals surface area contributed by atoms with E-state index >= 15 is 0 Å². The third-order valence-corrected chi connectivity index (χ3v) is 4.05. The van der Waals surface area contributed by atoms with Gasteiger partial charge in [-0.3, -0.25) is 0 Å². The summed E-state index contributed by atoms with van der Waals surface area (Å²) in [5.74, 6) is 0. The summed E-state index contributed by atoms with van der Waals surface area (Å²) in [4.78, 5) is 0. The highest BCUT2D eigenvalue weighted by Gasteiger charge is 2.23. The molecule has 1 aliphatic carbocycles. The van der Waals surface area contributed by atoms with Crippen molar-refractivity contribution in [2.24, 2.45) is 0 Å². The largest absolute Gasteiger partial charge is 0.0843 e. The lowest BCUT2D eigenvalue weighted by molar-refractivity contribution is 1.69. The SMILES string of the molecule is Clc1cc2c3c(cccc3c1)-c1cccc(Cl)c1-2. The van der Waals surface area contributed by atoms with Crippen molar-refractivity contribution in [3.8, 4) is 22.3 Å². The van der Waals surface area contributed by atoms with E-state index in [0.29, 0.717) is 0 Å². The van der Waals surface area contributed by atoms with Crippen molar-refractivity contribution in [1.82, 2.24) is 0 Å². The molecule has 0 aliphatic heterocycles. The number of benzene rings is 3. The summed E-state index contributed by atoms with van der Waals surface area (Å²) in [6.07, 6.45) is 0. The highest BCUT2D eigenvalue weighted by atomic mass is 35.5. The fourth-order valence-electron chi connectivity index (χ4n) is 2.84. The average molecular weight is 271 g/mol. The topological polar surface area (TPSA) is 0 Å². The number of hydrogen-bond acceptors (Lipinski definition) is 0. The first-order valence-corrected chi connectivity index (χ1v) is 6.53. The molecule has 0 unspecified atom stereocenters. The van der Waals surface area contributed by atoms with Gasteiger partial charge in [0.05, 0.1) is 0 Å². The zero-order valence-electron chi connectivity index (χ0n) is 9.37. The van der Waals surface area contributed by atoms with Gasteiger partial charge in [0.1, 0.15) is 0 Å². The number of halogens is 2. The van der Waals surface area contributed by atoms with Crippen LogP contribution in [0.25, 0.3) is 33.0 Å². The molecule has 0 aromatic heterocycles. The Labute approximate surface area is 115 Å². The van der Waals surface area contributed by atoms with Crippen molar-refractivity contribution in [2.45, 2.75) is 0 Å². The maximum absolute atomic E-state index is 6.35. The van der Waals surface area contributed by atoms with Gasteiger partial charge in [-0.05, 0) is 45.7 Å². The first-order valence-electron chi connectivity index (χ1n) is 5.77. The van der Waals surface area contributed by atoms with Crippen molar-refractivity contribution in [1.29, 1.82) is 0 Å². The van der Waals surface area contributed by atoms with Gasteiger partial charge >= 0.3 is 0 Å². The molecule has 18 heavy (non-hydrogen) atoms. The minimum Gasteiger partial charge on any atom is -0.0843 e. The molecule has 3 aromatic rings. The van der Waals surface area contributed by atoms with Crippen LogP contribution in [0, 0.1) is 0 Å². The third kappa shape index (κ3) is 1.22. The maximum Gasteiger partial charge on any atom is 0.0490 e. The Hall–Kier alpha value is -1.50. The van der Waals surface area contributed by atoms with Crippen molar-refractivity contribution < 1.29 is 0 Å². The lowest BCUT2D eigenvalue weighted by atomic mass is 10.0. The Balaban J connectivity index is 2.30.